The Bertz CT molecular complexity index is 329. The Balaban J connectivity index is 2.66. The average Bonchev–Trinajstić information content (AvgIpc) is 2.39. The van der Waals surface area contributed by atoms with Gasteiger partial charge in [-0.3, -0.25) is 0 Å². The summed E-state index contributed by atoms with van der Waals surface area (Å²) in [6.45, 7) is 7.39. The minimum Gasteiger partial charge on any atom is -0.491 e. The highest BCUT2D eigenvalue weighted by Crippen LogP contribution is 2.22. The van der Waals surface area contributed by atoms with E-state index in [0.717, 1.165) is 12.3 Å². The maximum Gasteiger partial charge on any atom is 0.119 e. The van der Waals surface area contributed by atoms with Crippen LogP contribution in [0.25, 0.3) is 0 Å². The third-order valence-corrected chi connectivity index (χ3v) is 3.55. The van der Waals surface area contributed by atoms with Crippen LogP contribution in [0.4, 0.5) is 0 Å². The van der Waals surface area contributed by atoms with Crippen molar-refractivity contribution in [3.8, 4) is 5.75 Å². The molecule has 0 aliphatic carbocycles. The maximum absolute atomic E-state index is 5.69. The van der Waals surface area contributed by atoms with E-state index in [1.54, 1.807) is 0 Å². The van der Waals surface area contributed by atoms with Gasteiger partial charge in [0.05, 0.1) is 6.10 Å². The molecule has 0 bridgehead atoms. The van der Waals surface area contributed by atoms with Crippen LogP contribution in [0.5, 0.6) is 5.75 Å². The number of nitrogens with one attached hydrogen (secondary N) is 1. The highest BCUT2D eigenvalue weighted by atomic mass is 32.2. The molecular formula is C16H27NOS. The first kappa shape index (κ1) is 16.4. The number of hydrogen-bond acceptors (Lipinski definition) is 3. The second-order valence-corrected chi connectivity index (χ2v) is 6.01. The zero-order chi connectivity index (χ0) is 14.1. The predicted octanol–water partition coefficient (Wildman–Crippen LogP) is 4.27. The van der Waals surface area contributed by atoms with Crippen LogP contribution < -0.4 is 10.1 Å². The van der Waals surface area contributed by atoms with Crippen molar-refractivity contribution in [1.82, 2.24) is 5.32 Å². The van der Waals surface area contributed by atoms with Crippen LogP contribution in [0, 0.1) is 0 Å². The number of benzene rings is 1. The molecule has 1 unspecified atom stereocenters. The van der Waals surface area contributed by atoms with Gasteiger partial charge in [-0.15, -0.1) is 0 Å². The van der Waals surface area contributed by atoms with Gasteiger partial charge < -0.3 is 10.1 Å². The van der Waals surface area contributed by atoms with Crippen LogP contribution in [-0.4, -0.2) is 24.7 Å². The summed E-state index contributed by atoms with van der Waals surface area (Å²) in [5.41, 5.74) is 1.36. The second-order valence-electron chi connectivity index (χ2n) is 5.02. The minimum atomic E-state index is 0.233. The number of hydrogen-bond donors (Lipinski definition) is 1. The van der Waals surface area contributed by atoms with Crippen molar-refractivity contribution in [3.63, 3.8) is 0 Å². The van der Waals surface area contributed by atoms with E-state index in [1.807, 2.05) is 11.8 Å². The van der Waals surface area contributed by atoms with Gasteiger partial charge in [0, 0.05) is 6.04 Å². The smallest absolute Gasteiger partial charge is 0.119 e. The lowest BCUT2D eigenvalue weighted by Gasteiger charge is -2.19. The number of rotatable bonds is 9. The third-order valence-electron chi connectivity index (χ3n) is 2.91. The van der Waals surface area contributed by atoms with Crippen LogP contribution in [0.2, 0.25) is 0 Å². The standard InChI is InChI=1S/C16H27NOS/c1-5-11-17-16(10-12-19-4)14-6-8-15(9-7-14)18-13(2)3/h6-9,13,16-17H,5,10-12H2,1-4H3. The van der Waals surface area contributed by atoms with Crippen molar-refractivity contribution in [1.29, 1.82) is 0 Å². The van der Waals surface area contributed by atoms with Crippen molar-refractivity contribution < 1.29 is 4.74 Å². The van der Waals surface area contributed by atoms with Gasteiger partial charge in [0.25, 0.3) is 0 Å². The lowest BCUT2D eigenvalue weighted by molar-refractivity contribution is 0.242. The molecule has 1 rings (SSSR count). The van der Waals surface area contributed by atoms with E-state index < -0.39 is 0 Å². The Morgan fingerprint density at radius 3 is 2.42 bits per heavy atom. The van der Waals surface area contributed by atoms with Crippen molar-refractivity contribution in [2.75, 3.05) is 18.6 Å². The first-order chi connectivity index (χ1) is 9.17. The molecule has 0 radical (unpaired) electrons. The van der Waals surface area contributed by atoms with Crippen molar-refractivity contribution in [3.05, 3.63) is 29.8 Å². The van der Waals surface area contributed by atoms with Crippen LogP contribution in [-0.2, 0) is 0 Å². The quantitative estimate of drug-likeness (QED) is 0.730. The van der Waals surface area contributed by atoms with E-state index in [2.05, 4.69) is 56.6 Å². The Hall–Kier alpha value is -0.670. The molecule has 0 saturated heterocycles. The topological polar surface area (TPSA) is 21.3 Å². The molecular weight excluding hydrogens is 254 g/mol. The Morgan fingerprint density at radius 2 is 1.89 bits per heavy atom. The normalized spacial score (nSPS) is 12.7. The molecule has 0 amide bonds. The van der Waals surface area contributed by atoms with Gasteiger partial charge in [0.15, 0.2) is 0 Å². The summed E-state index contributed by atoms with van der Waals surface area (Å²) in [7, 11) is 0. The molecule has 108 valence electrons. The first-order valence-corrected chi connectivity index (χ1v) is 8.55. The first-order valence-electron chi connectivity index (χ1n) is 7.16. The fourth-order valence-corrected chi connectivity index (χ4v) is 2.46. The average molecular weight is 281 g/mol. The summed E-state index contributed by atoms with van der Waals surface area (Å²) in [5.74, 6) is 2.14. The molecule has 1 aromatic carbocycles. The van der Waals surface area contributed by atoms with E-state index in [4.69, 9.17) is 4.74 Å². The van der Waals surface area contributed by atoms with Crippen LogP contribution in [0.1, 0.15) is 45.2 Å². The molecule has 0 aliphatic rings. The molecule has 0 aliphatic heterocycles. The highest BCUT2D eigenvalue weighted by Gasteiger charge is 2.10. The van der Waals surface area contributed by atoms with Crippen molar-refractivity contribution >= 4 is 11.8 Å². The molecule has 0 fully saturated rings. The summed E-state index contributed by atoms with van der Waals surface area (Å²) in [6, 6.07) is 8.99. The Labute approximate surface area is 122 Å². The Morgan fingerprint density at radius 1 is 1.21 bits per heavy atom. The fourth-order valence-electron chi connectivity index (χ4n) is 1.99. The summed E-state index contributed by atoms with van der Waals surface area (Å²) in [4.78, 5) is 0. The summed E-state index contributed by atoms with van der Waals surface area (Å²) in [6.07, 6.45) is 4.74. The zero-order valence-electron chi connectivity index (χ0n) is 12.6. The maximum atomic E-state index is 5.69. The highest BCUT2D eigenvalue weighted by molar-refractivity contribution is 7.98. The van der Waals surface area contributed by atoms with E-state index in [1.165, 1.54) is 24.2 Å². The monoisotopic (exact) mass is 281 g/mol. The molecule has 0 heterocycles. The molecule has 0 saturated carbocycles. The number of thioether (sulfide) groups is 1. The lowest BCUT2D eigenvalue weighted by atomic mass is 10.0. The molecule has 19 heavy (non-hydrogen) atoms. The van der Waals surface area contributed by atoms with E-state index in [-0.39, 0.29) is 6.10 Å². The molecule has 1 aromatic rings. The van der Waals surface area contributed by atoms with Gasteiger partial charge >= 0.3 is 0 Å². The Kier molecular flexibility index (Phi) is 7.99. The predicted molar refractivity (Wildman–Crippen MR) is 86.2 cm³/mol. The van der Waals surface area contributed by atoms with Gasteiger partial charge in [0.2, 0.25) is 0 Å². The van der Waals surface area contributed by atoms with Gasteiger partial charge in [-0.05, 0) is 62.9 Å². The molecule has 0 aromatic heterocycles. The molecule has 0 spiro atoms. The number of ether oxygens (including phenoxy) is 1. The molecule has 2 nitrogen and oxygen atoms in total. The summed E-state index contributed by atoms with van der Waals surface area (Å²) < 4.78 is 5.69. The van der Waals surface area contributed by atoms with Gasteiger partial charge in [-0.2, -0.15) is 11.8 Å². The van der Waals surface area contributed by atoms with Crippen LogP contribution in [0.3, 0.4) is 0 Å². The largest absolute Gasteiger partial charge is 0.491 e. The summed E-state index contributed by atoms with van der Waals surface area (Å²) >= 11 is 1.90. The second kappa shape index (κ2) is 9.27. The van der Waals surface area contributed by atoms with Gasteiger partial charge in [-0.25, -0.2) is 0 Å². The lowest BCUT2D eigenvalue weighted by Crippen LogP contribution is -2.22. The summed E-state index contributed by atoms with van der Waals surface area (Å²) in [5, 5.41) is 3.63. The molecule has 1 N–H and O–H groups in total. The van der Waals surface area contributed by atoms with E-state index >= 15 is 0 Å². The van der Waals surface area contributed by atoms with Crippen molar-refractivity contribution in [2.24, 2.45) is 0 Å². The fraction of sp³-hybridized carbons (Fsp3) is 0.625. The van der Waals surface area contributed by atoms with E-state index in [9.17, 15) is 0 Å². The van der Waals surface area contributed by atoms with Crippen LogP contribution >= 0.6 is 11.8 Å². The molecule has 1 atom stereocenters. The minimum absolute atomic E-state index is 0.233. The zero-order valence-corrected chi connectivity index (χ0v) is 13.4. The van der Waals surface area contributed by atoms with Crippen molar-refractivity contribution in [2.45, 2.75) is 45.8 Å². The third kappa shape index (κ3) is 6.35. The molecule has 3 heteroatoms. The van der Waals surface area contributed by atoms with Crippen LogP contribution in [0.15, 0.2) is 24.3 Å². The van der Waals surface area contributed by atoms with Gasteiger partial charge in [-0.1, -0.05) is 19.1 Å². The van der Waals surface area contributed by atoms with Gasteiger partial charge in [0.1, 0.15) is 5.75 Å². The SMILES string of the molecule is CCCNC(CCSC)c1ccc(OC(C)C)cc1. The van der Waals surface area contributed by atoms with E-state index in [0.29, 0.717) is 6.04 Å².